The molecule has 6 nitrogen and oxygen atoms in total. The third kappa shape index (κ3) is 7.97. The van der Waals surface area contributed by atoms with Crippen LogP contribution >= 0.6 is 0 Å². The minimum Gasteiger partial charge on any atom is -0.357 e. The van der Waals surface area contributed by atoms with Crippen LogP contribution in [0.1, 0.15) is 45.1 Å². The van der Waals surface area contributed by atoms with Crippen molar-refractivity contribution in [3.63, 3.8) is 0 Å². The van der Waals surface area contributed by atoms with Gasteiger partial charge in [0.25, 0.3) is 0 Å². The topological polar surface area (TPSA) is 60.0 Å². The molecule has 6 heteroatoms. The lowest BCUT2D eigenvalue weighted by molar-refractivity contribution is -0.130. The number of rotatable bonds is 8. The second-order valence-electron chi connectivity index (χ2n) is 9.36. The van der Waals surface area contributed by atoms with Gasteiger partial charge in [-0.2, -0.15) is 0 Å². The van der Waals surface area contributed by atoms with E-state index in [1.807, 2.05) is 4.90 Å². The van der Waals surface area contributed by atoms with E-state index in [2.05, 4.69) is 71.3 Å². The summed E-state index contributed by atoms with van der Waals surface area (Å²) in [7, 11) is 0. The van der Waals surface area contributed by atoms with Crippen LogP contribution in [0.2, 0.25) is 0 Å². The first kappa shape index (κ1) is 24.3. The molecule has 32 heavy (non-hydrogen) atoms. The van der Waals surface area contributed by atoms with E-state index in [4.69, 9.17) is 0 Å². The molecule has 2 aliphatic rings. The summed E-state index contributed by atoms with van der Waals surface area (Å²) >= 11 is 0. The third-order valence-electron chi connectivity index (χ3n) is 6.47. The third-order valence-corrected chi connectivity index (χ3v) is 6.47. The summed E-state index contributed by atoms with van der Waals surface area (Å²) in [5.41, 5.74) is 2.61. The molecule has 1 aromatic rings. The summed E-state index contributed by atoms with van der Waals surface area (Å²) < 4.78 is 0. The molecule has 2 aliphatic heterocycles. The number of piperidine rings is 2. The van der Waals surface area contributed by atoms with Crippen molar-refractivity contribution in [2.75, 3.05) is 45.8 Å². The van der Waals surface area contributed by atoms with E-state index in [0.29, 0.717) is 12.0 Å². The molecule has 2 fully saturated rings. The molecule has 0 aliphatic carbocycles. The monoisotopic (exact) mass is 439 g/mol. The largest absolute Gasteiger partial charge is 0.357 e. The van der Waals surface area contributed by atoms with E-state index in [9.17, 15) is 4.79 Å². The highest BCUT2D eigenvalue weighted by Crippen LogP contribution is 2.21. The van der Waals surface area contributed by atoms with Crippen molar-refractivity contribution in [1.29, 1.82) is 0 Å². The number of likely N-dealkylation sites (tertiary alicyclic amines) is 2. The Labute approximate surface area is 194 Å². The molecular weight excluding hydrogens is 398 g/mol. The fourth-order valence-corrected chi connectivity index (χ4v) is 4.71. The average Bonchev–Trinajstić information content (AvgIpc) is 2.79. The predicted octanol–water partition coefficient (Wildman–Crippen LogP) is 3.06. The van der Waals surface area contributed by atoms with Crippen molar-refractivity contribution < 1.29 is 4.79 Å². The van der Waals surface area contributed by atoms with Gasteiger partial charge in [0.2, 0.25) is 5.91 Å². The maximum absolute atomic E-state index is 12.8. The molecular formula is C26H41N5O. The summed E-state index contributed by atoms with van der Waals surface area (Å²) in [6.45, 7) is 14.0. The Morgan fingerprint density at radius 2 is 1.78 bits per heavy atom. The van der Waals surface area contributed by atoms with Crippen LogP contribution in [-0.2, 0) is 11.2 Å². The maximum Gasteiger partial charge on any atom is 0.244 e. The molecule has 0 radical (unpaired) electrons. The molecule has 3 rings (SSSR count). The van der Waals surface area contributed by atoms with Crippen molar-refractivity contribution in [1.82, 2.24) is 20.4 Å². The normalized spacial score (nSPS) is 19.1. The van der Waals surface area contributed by atoms with Gasteiger partial charge >= 0.3 is 0 Å². The molecule has 2 heterocycles. The zero-order valence-electron chi connectivity index (χ0n) is 20.0. The lowest BCUT2D eigenvalue weighted by Crippen LogP contribution is -2.49. The molecule has 1 amide bonds. The lowest BCUT2D eigenvalue weighted by Gasteiger charge is -2.33. The predicted molar refractivity (Wildman–Crippen MR) is 133 cm³/mol. The van der Waals surface area contributed by atoms with Crippen LogP contribution < -0.4 is 10.6 Å². The van der Waals surface area contributed by atoms with Crippen molar-refractivity contribution >= 4 is 11.9 Å². The first-order valence-electron chi connectivity index (χ1n) is 12.3. The number of nitrogens with zero attached hydrogens (tertiary/aromatic N) is 3. The fourth-order valence-electron chi connectivity index (χ4n) is 4.71. The van der Waals surface area contributed by atoms with Gasteiger partial charge in [0, 0.05) is 45.3 Å². The Hall–Kier alpha value is -2.34. The number of nitrogens with one attached hydrogen (secondary N) is 2. The number of benzene rings is 1. The highest BCUT2D eigenvalue weighted by molar-refractivity contribution is 5.85. The van der Waals surface area contributed by atoms with E-state index in [1.165, 1.54) is 11.1 Å². The van der Waals surface area contributed by atoms with E-state index in [1.54, 1.807) is 0 Å². The number of amides is 1. The van der Waals surface area contributed by atoms with Crippen molar-refractivity contribution in [3.05, 3.63) is 48.0 Å². The lowest BCUT2D eigenvalue weighted by atomic mass is 9.90. The maximum atomic E-state index is 12.8. The SMILES string of the molecule is C=C(C)CN1CCC(NC(=NCC(=O)N2CCC(Cc3ccccc3)CC2)NCC)CC1. The Morgan fingerprint density at radius 3 is 2.41 bits per heavy atom. The Morgan fingerprint density at radius 1 is 1.09 bits per heavy atom. The summed E-state index contributed by atoms with van der Waals surface area (Å²) in [6.07, 6.45) is 5.43. The number of carbonyl (C=O) groups excluding carboxylic acids is 1. The molecule has 2 saturated heterocycles. The minimum absolute atomic E-state index is 0.136. The van der Waals surface area contributed by atoms with E-state index in [0.717, 1.165) is 77.3 Å². The van der Waals surface area contributed by atoms with Gasteiger partial charge in [-0.15, -0.1) is 0 Å². The zero-order chi connectivity index (χ0) is 22.8. The van der Waals surface area contributed by atoms with Gasteiger partial charge in [0.1, 0.15) is 6.54 Å². The molecule has 176 valence electrons. The molecule has 2 N–H and O–H groups in total. The van der Waals surface area contributed by atoms with E-state index >= 15 is 0 Å². The number of aliphatic imine (C=N–C) groups is 1. The second-order valence-corrected chi connectivity index (χ2v) is 9.36. The zero-order valence-corrected chi connectivity index (χ0v) is 20.0. The number of guanidine groups is 1. The average molecular weight is 440 g/mol. The Balaban J connectivity index is 1.42. The first-order chi connectivity index (χ1) is 15.5. The quantitative estimate of drug-likeness (QED) is 0.371. The van der Waals surface area contributed by atoms with E-state index in [-0.39, 0.29) is 12.5 Å². The summed E-state index contributed by atoms with van der Waals surface area (Å²) in [4.78, 5) is 21.8. The molecule has 0 atom stereocenters. The molecule has 0 aromatic heterocycles. The first-order valence-corrected chi connectivity index (χ1v) is 12.3. The molecule has 0 spiro atoms. The van der Waals surface area contributed by atoms with Crippen LogP contribution in [0.15, 0.2) is 47.5 Å². The highest BCUT2D eigenvalue weighted by atomic mass is 16.2. The van der Waals surface area contributed by atoms with Crippen LogP contribution in [0.25, 0.3) is 0 Å². The van der Waals surface area contributed by atoms with Crippen LogP contribution in [0.3, 0.4) is 0 Å². The van der Waals surface area contributed by atoms with Gasteiger partial charge in [-0.3, -0.25) is 9.69 Å². The van der Waals surface area contributed by atoms with Crippen LogP contribution in [0, 0.1) is 5.92 Å². The minimum atomic E-state index is 0.136. The van der Waals surface area contributed by atoms with Gasteiger partial charge in [-0.1, -0.05) is 42.5 Å². The second kappa shape index (κ2) is 12.6. The summed E-state index contributed by atoms with van der Waals surface area (Å²) in [6, 6.07) is 11.1. The summed E-state index contributed by atoms with van der Waals surface area (Å²) in [5.74, 6) is 1.56. The standard InChI is InChI=1S/C26H41N5O/c1-4-27-26(29-24-12-14-30(15-13-24)20-21(2)3)28-19-25(32)31-16-10-23(11-17-31)18-22-8-6-5-7-9-22/h5-9,23-24H,2,4,10-20H2,1,3H3,(H2,27,28,29). The Bertz CT molecular complexity index is 747. The fraction of sp³-hybridized carbons (Fsp3) is 0.615. The van der Waals surface area contributed by atoms with Crippen molar-refractivity contribution in [3.8, 4) is 0 Å². The van der Waals surface area contributed by atoms with Gasteiger partial charge < -0.3 is 15.5 Å². The number of hydrogen-bond donors (Lipinski definition) is 2. The van der Waals surface area contributed by atoms with Crippen molar-refractivity contribution in [2.24, 2.45) is 10.9 Å². The van der Waals surface area contributed by atoms with E-state index < -0.39 is 0 Å². The highest BCUT2D eigenvalue weighted by Gasteiger charge is 2.23. The van der Waals surface area contributed by atoms with Crippen LogP contribution in [0.5, 0.6) is 0 Å². The van der Waals surface area contributed by atoms with Crippen molar-refractivity contribution in [2.45, 2.75) is 52.0 Å². The van der Waals surface area contributed by atoms with Gasteiger partial charge in [-0.25, -0.2) is 4.99 Å². The molecule has 0 saturated carbocycles. The van der Waals surface area contributed by atoms with Crippen LogP contribution in [-0.4, -0.2) is 73.5 Å². The molecule has 0 unspecified atom stereocenters. The van der Waals surface area contributed by atoms with Gasteiger partial charge in [-0.05, 0) is 57.4 Å². The molecule has 0 bridgehead atoms. The van der Waals surface area contributed by atoms with Crippen LogP contribution in [0.4, 0.5) is 0 Å². The smallest absolute Gasteiger partial charge is 0.244 e. The number of hydrogen-bond acceptors (Lipinski definition) is 3. The summed E-state index contributed by atoms with van der Waals surface area (Å²) in [5, 5.41) is 6.85. The van der Waals surface area contributed by atoms with Gasteiger partial charge in [0.05, 0.1) is 0 Å². The van der Waals surface area contributed by atoms with Gasteiger partial charge in [0.15, 0.2) is 5.96 Å². The number of carbonyl (C=O) groups is 1. The Kier molecular flexibility index (Phi) is 9.60. The molecule has 1 aromatic carbocycles.